The normalized spacial score (nSPS) is 13.9. The van der Waals surface area contributed by atoms with Crippen LogP contribution in [0.25, 0.3) is 0 Å². The molecule has 1 aliphatic heterocycles. The van der Waals surface area contributed by atoms with Gasteiger partial charge in [-0.15, -0.1) is 0 Å². The molecule has 0 atom stereocenters. The number of carbonyl (C=O) groups is 2. The van der Waals surface area contributed by atoms with Crippen molar-refractivity contribution in [2.45, 2.75) is 32.7 Å². The van der Waals surface area contributed by atoms with Gasteiger partial charge in [0.15, 0.2) is 0 Å². The SMILES string of the molecule is CCOC(=O)C1CCN(c2ncnc(N(CCC(=O)OC)Cc3ccccc3)c2[N+](=O)[O-])CC1. The highest BCUT2D eigenvalue weighted by atomic mass is 16.6. The van der Waals surface area contributed by atoms with Crippen LogP contribution in [0.5, 0.6) is 0 Å². The van der Waals surface area contributed by atoms with E-state index in [4.69, 9.17) is 9.47 Å². The van der Waals surface area contributed by atoms with Crippen LogP contribution < -0.4 is 9.80 Å². The number of nitrogens with zero attached hydrogens (tertiary/aromatic N) is 5. The number of carbonyl (C=O) groups excluding carboxylic acids is 2. The number of benzene rings is 1. The fourth-order valence-electron chi connectivity index (χ4n) is 3.97. The number of anilines is 2. The highest BCUT2D eigenvalue weighted by Crippen LogP contribution is 2.36. The molecule has 0 aliphatic carbocycles. The molecule has 11 nitrogen and oxygen atoms in total. The summed E-state index contributed by atoms with van der Waals surface area (Å²) in [6.45, 7) is 3.45. The molecular weight excluding hydrogens is 442 g/mol. The van der Waals surface area contributed by atoms with Gasteiger partial charge in [0, 0.05) is 26.2 Å². The molecule has 2 aromatic rings. The molecule has 1 aromatic carbocycles. The molecule has 0 bridgehead atoms. The number of methoxy groups -OCH3 is 1. The number of piperidine rings is 1. The van der Waals surface area contributed by atoms with Gasteiger partial charge in [-0.2, -0.15) is 0 Å². The smallest absolute Gasteiger partial charge is 0.353 e. The van der Waals surface area contributed by atoms with Crippen LogP contribution in [0.2, 0.25) is 0 Å². The zero-order valence-corrected chi connectivity index (χ0v) is 19.4. The Morgan fingerprint density at radius 3 is 2.53 bits per heavy atom. The van der Waals surface area contributed by atoms with E-state index in [1.807, 2.05) is 30.3 Å². The Balaban J connectivity index is 1.90. The molecule has 1 fully saturated rings. The van der Waals surface area contributed by atoms with Crippen molar-refractivity contribution in [1.29, 1.82) is 0 Å². The Hall–Kier alpha value is -3.76. The minimum atomic E-state index is -0.488. The molecule has 0 amide bonds. The number of hydrogen-bond acceptors (Lipinski definition) is 10. The maximum atomic E-state index is 12.2. The number of esters is 2. The van der Waals surface area contributed by atoms with Gasteiger partial charge in [0.05, 0.1) is 31.0 Å². The summed E-state index contributed by atoms with van der Waals surface area (Å²) in [5.41, 5.74) is 0.690. The van der Waals surface area contributed by atoms with E-state index in [9.17, 15) is 19.7 Å². The van der Waals surface area contributed by atoms with Crippen molar-refractivity contribution < 1.29 is 24.0 Å². The van der Waals surface area contributed by atoms with Crippen LogP contribution >= 0.6 is 0 Å². The molecule has 3 rings (SSSR count). The van der Waals surface area contributed by atoms with E-state index in [0.29, 0.717) is 39.1 Å². The first kappa shape index (κ1) is 24.9. The second-order valence-corrected chi connectivity index (χ2v) is 7.87. The second kappa shape index (κ2) is 11.9. The standard InChI is InChI=1S/C23H29N5O6/c1-3-34-23(30)18-9-12-26(13-10-18)21-20(28(31)32)22(25-16-24-21)27(14-11-19(29)33-2)15-17-7-5-4-6-8-17/h4-8,16,18H,3,9-15H2,1-2H3. The molecule has 34 heavy (non-hydrogen) atoms. The van der Waals surface area contributed by atoms with Crippen LogP contribution in [0, 0.1) is 16.0 Å². The van der Waals surface area contributed by atoms with Gasteiger partial charge in [0.2, 0.25) is 11.6 Å². The summed E-state index contributed by atoms with van der Waals surface area (Å²) in [5, 5.41) is 12.2. The van der Waals surface area contributed by atoms with Gasteiger partial charge in [-0.05, 0) is 25.3 Å². The largest absolute Gasteiger partial charge is 0.469 e. The van der Waals surface area contributed by atoms with Gasteiger partial charge >= 0.3 is 17.6 Å². The lowest BCUT2D eigenvalue weighted by atomic mass is 9.97. The summed E-state index contributed by atoms with van der Waals surface area (Å²) in [6.07, 6.45) is 2.38. The first-order valence-corrected chi connectivity index (χ1v) is 11.2. The summed E-state index contributed by atoms with van der Waals surface area (Å²) in [6, 6.07) is 9.44. The van der Waals surface area contributed by atoms with Crippen molar-refractivity contribution in [2.75, 3.05) is 43.2 Å². The lowest BCUT2D eigenvalue weighted by Crippen LogP contribution is -2.38. The molecule has 2 heterocycles. The third kappa shape index (κ3) is 6.18. The third-order valence-electron chi connectivity index (χ3n) is 5.71. The maximum absolute atomic E-state index is 12.2. The van der Waals surface area contributed by atoms with Crippen molar-refractivity contribution in [3.05, 3.63) is 52.3 Å². The van der Waals surface area contributed by atoms with Crippen molar-refractivity contribution in [1.82, 2.24) is 9.97 Å². The van der Waals surface area contributed by atoms with Gasteiger partial charge in [-0.25, -0.2) is 9.97 Å². The molecule has 0 spiro atoms. The molecule has 182 valence electrons. The average molecular weight is 472 g/mol. The number of aromatic nitrogens is 2. The summed E-state index contributed by atoms with van der Waals surface area (Å²) in [5.74, 6) is -0.553. The van der Waals surface area contributed by atoms with E-state index in [0.717, 1.165) is 5.56 Å². The zero-order valence-electron chi connectivity index (χ0n) is 19.4. The molecule has 0 saturated carbocycles. The van der Waals surface area contributed by atoms with E-state index >= 15 is 0 Å². The molecule has 1 aliphatic rings. The van der Waals surface area contributed by atoms with E-state index in [2.05, 4.69) is 9.97 Å². The Morgan fingerprint density at radius 2 is 1.91 bits per heavy atom. The minimum absolute atomic E-state index is 0.0464. The van der Waals surface area contributed by atoms with E-state index < -0.39 is 10.9 Å². The Morgan fingerprint density at radius 1 is 1.21 bits per heavy atom. The van der Waals surface area contributed by atoms with Gasteiger partial charge in [-0.3, -0.25) is 19.7 Å². The van der Waals surface area contributed by atoms with Crippen LogP contribution in [0.15, 0.2) is 36.7 Å². The van der Waals surface area contributed by atoms with Crippen LogP contribution in [-0.2, 0) is 25.6 Å². The van der Waals surface area contributed by atoms with Crippen molar-refractivity contribution in [3.63, 3.8) is 0 Å². The Kier molecular flexibility index (Phi) is 8.72. The second-order valence-electron chi connectivity index (χ2n) is 7.87. The average Bonchev–Trinajstić information content (AvgIpc) is 2.86. The number of hydrogen-bond donors (Lipinski definition) is 0. The van der Waals surface area contributed by atoms with E-state index in [1.165, 1.54) is 13.4 Å². The monoisotopic (exact) mass is 471 g/mol. The van der Waals surface area contributed by atoms with Crippen LogP contribution in [0.1, 0.15) is 31.7 Å². The number of rotatable bonds is 10. The first-order chi connectivity index (χ1) is 16.4. The number of nitro groups is 1. The molecule has 0 radical (unpaired) electrons. The van der Waals surface area contributed by atoms with Gasteiger partial charge < -0.3 is 19.3 Å². The van der Waals surface area contributed by atoms with E-state index in [-0.39, 0.29) is 42.2 Å². The van der Waals surface area contributed by atoms with Crippen molar-refractivity contribution in [3.8, 4) is 0 Å². The Labute approximate surface area is 197 Å². The molecule has 1 aromatic heterocycles. The highest BCUT2D eigenvalue weighted by molar-refractivity contribution is 5.75. The summed E-state index contributed by atoms with van der Waals surface area (Å²) in [4.78, 5) is 47.6. The highest BCUT2D eigenvalue weighted by Gasteiger charge is 2.34. The van der Waals surface area contributed by atoms with Gasteiger partial charge in [-0.1, -0.05) is 30.3 Å². The van der Waals surface area contributed by atoms with E-state index in [1.54, 1.807) is 16.7 Å². The maximum Gasteiger partial charge on any atom is 0.353 e. The predicted octanol–water partition coefficient (Wildman–Crippen LogP) is 2.73. The molecule has 0 unspecified atom stereocenters. The third-order valence-corrected chi connectivity index (χ3v) is 5.71. The summed E-state index contributed by atoms with van der Waals surface area (Å²) < 4.78 is 9.86. The summed E-state index contributed by atoms with van der Waals surface area (Å²) >= 11 is 0. The Bertz CT molecular complexity index is 995. The molecule has 0 N–H and O–H groups in total. The lowest BCUT2D eigenvalue weighted by Gasteiger charge is -2.32. The van der Waals surface area contributed by atoms with Crippen molar-refractivity contribution in [2.24, 2.45) is 5.92 Å². The van der Waals surface area contributed by atoms with Gasteiger partial charge in [0.1, 0.15) is 6.33 Å². The van der Waals surface area contributed by atoms with Crippen LogP contribution in [0.4, 0.5) is 17.3 Å². The van der Waals surface area contributed by atoms with Crippen molar-refractivity contribution >= 4 is 29.3 Å². The molecule has 1 saturated heterocycles. The molecule has 11 heteroatoms. The minimum Gasteiger partial charge on any atom is -0.469 e. The van der Waals surface area contributed by atoms with Gasteiger partial charge in [0.25, 0.3) is 0 Å². The van der Waals surface area contributed by atoms with Crippen LogP contribution in [0.3, 0.4) is 0 Å². The van der Waals surface area contributed by atoms with Crippen LogP contribution in [-0.4, -0.2) is 60.2 Å². The first-order valence-electron chi connectivity index (χ1n) is 11.2. The topological polar surface area (TPSA) is 128 Å². The predicted molar refractivity (Wildman–Crippen MR) is 124 cm³/mol. The lowest BCUT2D eigenvalue weighted by molar-refractivity contribution is -0.383. The quantitative estimate of drug-likeness (QED) is 0.290. The summed E-state index contributed by atoms with van der Waals surface area (Å²) in [7, 11) is 1.30. The fraction of sp³-hybridized carbons (Fsp3) is 0.478. The number of ether oxygens (including phenoxy) is 2. The molecular formula is C23H29N5O6. The zero-order chi connectivity index (χ0) is 24.5. The fourth-order valence-corrected chi connectivity index (χ4v) is 3.97.